The van der Waals surface area contributed by atoms with Crippen molar-refractivity contribution in [3.05, 3.63) is 28.8 Å². The van der Waals surface area contributed by atoms with Crippen molar-refractivity contribution in [1.82, 2.24) is 0 Å². The Hall–Kier alpha value is -1.06. The van der Waals surface area contributed by atoms with E-state index in [0.717, 1.165) is 0 Å². The summed E-state index contributed by atoms with van der Waals surface area (Å²) in [5.41, 5.74) is 3.27. The summed E-state index contributed by atoms with van der Waals surface area (Å²) in [6.45, 7) is 0. The molecular weight excluding hydrogens is 164 g/mol. The minimum Gasteiger partial charge on any atom is -0.322 e. The lowest BCUT2D eigenvalue weighted by molar-refractivity contribution is 0.112. The van der Waals surface area contributed by atoms with E-state index in [9.17, 15) is 4.79 Å². The van der Waals surface area contributed by atoms with Crippen LogP contribution in [0.4, 0.5) is 5.69 Å². The Labute approximate surface area is 69.1 Å². The number of carbonyl (C=O) groups excluding carboxylic acids is 1. The number of para-hydroxylation sites is 1. The lowest BCUT2D eigenvalue weighted by Gasteiger charge is -2.04. The van der Waals surface area contributed by atoms with E-state index in [2.05, 4.69) is 5.43 Å². The third kappa shape index (κ3) is 1.50. The van der Waals surface area contributed by atoms with Gasteiger partial charge in [0.2, 0.25) is 0 Å². The fourth-order valence-electron chi connectivity index (χ4n) is 0.791. The summed E-state index contributed by atoms with van der Waals surface area (Å²) in [4.78, 5) is 10.4. The molecule has 0 unspecified atom stereocenters. The molecule has 0 heterocycles. The number of nitrogens with two attached hydrogens (primary N) is 1. The number of hydrogen-bond donors (Lipinski definition) is 2. The molecule has 4 heteroatoms. The fraction of sp³-hybridized carbons (Fsp3) is 0. The molecule has 0 aliphatic rings. The molecule has 0 saturated carbocycles. The Morgan fingerprint density at radius 2 is 2.27 bits per heavy atom. The monoisotopic (exact) mass is 170 g/mol. The number of halogens is 1. The van der Waals surface area contributed by atoms with Crippen LogP contribution in [-0.2, 0) is 0 Å². The van der Waals surface area contributed by atoms with Crippen molar-refractivity contribution in [1.29, 1.82) is 0 Å². The maximum atomic E-state index is 10.4. The standard InChI is InChI=1S/C7H7ClN2O/c8-6-3-1-2-5(4-11)7(6)10-9/h1-4,10H,9H2. The fourth-order valence-corrected chi connectivity index (χ4v) is 1.03. The van der Waals surface area contributed by atoms with Crippen molar-refractivity contribution >= 4 is 23.6 Å². The molecule has 0 saturated heterocycles. The van der Waals surface area contributed by atoms with Crippen LogP contribution in [0.1, 0.15) is 10.4 Å². The molecule has 3 nitrogen and oxygen atoms in total. The van der Waals surface area contributed by atoms with Gasteiger partial charge in [-0.15, -0.1) is 0 Å². The predicted molar refractivity (Wildman–Crippen MR) is 44.6 cm³/mol. The molecule has 0 spiro atoms. The number of carbonyl (C=O) groups is 1. The van der Waals surface area contributed by atoms with Crippen LogP contribution >= 0.6 is 11.6 Å². The molecule has 0 bridgehead atoms. The lowest BCUT2D eigenvalue weighted by atomic mass is 10.2. The second-order valence-corrected chi connectivity index (χ2v) is 2.37. The number of hydrazine groups is 1. The number of rotatable bonds is 2. The van der Waals surface area contributed by atoms with Crippen molar-refractivity contribution in [3.8, 4) is 0 Å². The molecular formula is C7H7ClN2O. The highest BCUT2D eigenvalue weighted by atomic mass is 35.5. The van der Waals surface area contributed by atoms with E-state index in [0.29, 0.717) is 22.6 Å². The zero-order valence-corrected chi connectivity index (χ0v) is 6.43. The molecule has 1 aromatic rings. The van der Waals surface area contributed by atoms with Crippen LogP contribution in [0.25, 0.3) is 0 Å². The van der Waals surface area contributed by atoms with Crippen LogP contribution in [0.5, 0.6) is 0 Å². The van der Waals surface area contributed by atoms with Gasteiger partial charge in [-0.05, 0) is 12.1 Å². The third-order valence-corrected chi connectivity index (χ3v) is 1.63. The average Bonchev–Trinajstić information content (AvgIpc) is 2.04. The van der Waals surface area contributed by atoms with Gasteiger partial charge in [0, 0.05) is 5.56 Å². The second kappa shape index (κ2) is 3.37. The van der Waals surface area contributed by atoms with Gasteiger partial charge < -0.3 is 5.43 Å². The highest BCUT2D eigenvalue weighted by Crippen LogP contribution is 2.23. The molecule has 0 amide bonds. The Bertz CT molecular complexity index is 275. The van der Waals surface area contributed by atoms with Crippen molar-refractivity contribution < 1.29 is 4.79 Å². The van der Waals surface area contributed by atoms with Crippen molar-refractivity contribution in [3.63, 3.8) is 0 Å². The Balaban J connectivity index is 3.23. The second-order valence-electron chi connectivity index (χ2n) is 1.97. The molecule has 11 heavy (non-hydrogen) atoms. The predicted octanol–water partition coefficient (Wildman–Crippen LogP) is 1.44. The van der Waals surface area contributed by atoms with E-state index in [4.69, 9.17) is 17.4 Å². The number of nitrogens with one attached hydrogen (secondary N) is 1. The summed E-state index contributed by atoms with van der Waals surface area (Å²) in [7, 11) is 0. The largest absolute Gasteiger partial charge is 0.322 e. The van der Waals surface area contributed by atoms with Gasteiger partial charge in [-0.3, -0.25) is 10.6 Å². The molecule has 58 valence electrons. The zero-order chi connectivity index (χ0) is 8.27. The maximum absolute atomic E-state index is 10.4. The highest BCUT2D eigenvalue weighted by molar-refractivity contribution is 6.33. The summed E-state index contributed by atoms with van der Waals surface area (Å²) < 4.78 is 0. The SMILES string of the molecule is NNc1c(Cl)cccc1C=O. The summed E-state index contributed by atoms with van der Waals surface area (Å²) in [5.74, 6) is 5.13. The van der Waals surface area contributed by atoms with Gasteiger partial charge in [0.15, 0.2) is 6.29 Å². The van der Waals surface area contributed by atoms with Crippen LogP contribution in [0.2, 0.25) is 5.02 Å². The summed E-state index contributed by atoms with van der Waals surface area (Å²) in [6, 6.07) is 4.98. The molecule has 0 aromatic heterocycles. The molecule has 0 aliphatic carbocycles. The summed E-state index contributed by atoms with van der Waals surface area (Å²) in [6.07, 6.45) is 0.696. The summed E-state index contributed by atoms with van der Waals surface area (Å²) in [5, 5.41) is 0.442. The molecule has 1 aromatic carbocycles. The summed E-state index contributed by atoms with van der Waals surface area (Å²) >= 11 is 5.71. The topological polar surface area (TPSA) is 55.1 Å². The Morgan fingerprint density at radius 3 is 2.73 bits per heavy atom. The van der Waals surface area contributed by atoms with Crippen molar-refractivity contribution in [2.24, 2.45) is 5.84 Å². The zero-order valence-electron chi connectivity index (χ0n) is 5.67. The molecule has 0 radical (unpaired) electrons. The number of benzene rings is 1. The molecule has 0 atom stereocenters. The molecule has 0 aliphatic heterocycles. The number of nitrogen functional groups attached to an aromatic ring is 1. The molecule has 1 rings (SSSR count). The smallest absolute Gasteiger partial charge is 0.152 e. The number of anilines is 1. The van der Waals surface area contributed by atoms with Crippen LogP contribution in [-0.4, -0.2) is 6.29 Å². The van der Waals surface area contributed by atoms with Crippen LogP contribution < -0.4 is 11.3 Å². The first kappa shape index (κ1) is 8.04. The van der Waals surface area contributed by atoms with Crippen LogP contribution in [0, 0.1) is 0 Å². The lowest BCUT2D eigenvalue weighted by Crippen LogP contribution is -2.09. The van der Waals surface area contributed by atoms with Gasteiger partial charge in [0.25, 0.3) is 0 Å². The van der Waals surface area contributed by atoms with Gasteiger partial charge >= 0.3 is 0 Å². The number of hydrogen-bond acceptors (Lipinski definition) is 3. The normalized spacial score (nSPS) is 9.27. The van der Waals surface area contributed by atoms with E-state index in [1.807, 2.05) is 0 Å². The van der Waals surface area contributed by atoms with E-state index in [1.54, 1.807) is 18.2 Å². The van der Waals surface area contributed by atoms with E-state index >= 15 is 0 Å². The first-order valence-electron chi connectivity index (χ1n) is 3.00. The van der Waals surface area contributed by atoms with Crippen LogP contribution in [0.15, 0.2) is 18.2 Å². The van der Waals surface area contributed by atoms with E-state index < -0.39 is 0 Å². The first-order chi connectivity index (χ1) is 5.29. The van der Waals surface area contributed by atoms with Gasteiger partial charge in [0.1, 0.15) is 0 Å². The molecule has 0 fully saturated rings. The van der Waals surface area contributed by atoms with Gasteiger partial charge in [-0.2, -0.15) is 0 Å². The maximum Gasteiger partial charge on any atom is 0.152 e. The minimum absolute atomic E-state index is 0.442. The van der Waals surface area contributed by atoms with E-state index in [-0.39, 0.29) is 0 Å². The Morgan fingerprint density at radius 1 is 1.55 bits per heavy atom. The van der Waals surface area contributed by atoms with Crippen molar-refractivity contribution in [2.75, 3.05) is 5.43 Å². The van der Waals surface area contributed by atoms with E-state index in [1.165, 1.54) is 0 Å². The van der Waals surface area contributed by atoms with Gasteiger partial charge in [0.05, 0.1) is 10.7 Å². The third-order valence-electron chi connectivity index (χ3n) is 1.32. The first-order valence-corrected chi connectivity index (χ1v) is 3.37. The average molecular weight is 171 g/mol. The molecule has 3 N–H and O–H groups in total. The van der Waals surface area contributed by atoms with Gasteiger partial charge in [-0.25, -0.2) is 0 Å². The minimum atomic E-state index is 0.442. The Kier molecular flexibility index (Phi) is 2.46. The van der Waals surface area contributed by atoms with Crippen LogP contribution in [0.3, 0.4) is 0 Å². The van der Waals surface area contributed by atoms with Gasteiger partial charge in [-0.1, -0.05) is 17.7 Å². The van der Waals surface area contributed by atoms with Crippen molar-refractivity contribution in [2.45, 2.75) is 0 Å². The number of aldehydes is 1. The quantitative estimate of drug-likeness (QED) is 0.401. The highest BCUT2D eigenvalue weighted by Gasteiger charge is 2.02.